The van der Waals surface area contributed by atoms with E-state index in [0.29, 0.717) is 18.2 Å². The molecule has 3 rings (SSSR count). The molecule has 5 heteroatoms. The fraction of sp³-hybridized carbons (Fsp3) is 0.458. The first-order valence-electron chi connectivity index (χ1n) is 10.2. The van der Waals surface area contributed by atoms with Gasteiger partial charge in [-0.25, -0.2) is 0 Å². The van der Waals surface area contributed by atoms with E-state index < -0.39 is 0 Å². The second kappa shape index (κ2) is 9.51. The van der Waals surface area contributed by atoms with E-state index in [0.717, 1.165) is 23.4 Å². The van der Waals surface area contributed by atoms with Crippen LogP contribution in [-0.4, -0.2) is 24.7 Å². The Hall–Kier alpha value is -1.55. The Kier molecular flexibility index (Phi) is 7.26. The van der Waals surface area contributed by atoms with E-state index in [1.807, 2.05) is 50.2 Å². The number of halogens is 2. The van der Waals surface area contributed by atoms with Gasteiger partial charge in [-0.2, -0.15) is 0 Å². The van der Waals surface area contributed by atoms with Crippen LogP contribution in [-0.2, 0) is 9.53 Å². The second-order valence-electron chi connectivity index (χ2n) is 8.54. The number of carbonyl (C=O) groups is 1. The average molecular weight is 434 g/mol. The highest BCUT2D eigenvalue weighted by atomic mass is 35.5. The third-order valence-corrected chi connectivity index (χ3v) is 6.37. The summed E-state index contributed by atoms with van der Waals surface area (Å²) in [5, 5.41) is 4.64. The molecule has 1 aliphatic heterocycles. The summed E-state index contributed by atoms with van der Waals surface area (Å²) < 4.78 is 5.75. The van der Waals surface area contributed by atoms with E-state index in [1.165, 1.54) is 5.56 Å². The summed E-state index contributed by atoms with van der Waals surface area (Å²) in [5.41, 5.74) is 2.10. The first-order chi connectivity index (χ1) is 13.7. The van der Waals surface area contributed by atoms with Gasteiger partial charge in [0.05, 0.1) is 5.60 Å². The zero-order valence-electron chi connectivity index (χ0n) is 17.3. The first kappa shape index (κ1) is 22.1. The zero-order chi connectivity index (χ0) is 21.0. The quantitative estimate of drug-likeness (QED) is 0.588. The lowest BCUT2D eigenvalue weighted by Gasteiger charge is -2.35. The Morgan fingerprint density at radius 3 is 2.17 bits per heavy atom. The minimum atomic E-state index is -0.244. The lowest BCUT2D eigenvalue weighted by Crippen LogP contribution is -2.42. The van der Waals surface area contributed by atoms with E-state index in [4.69, 9.17) is 27.9 Å². The van der Waals surface area contributed by atoms with Gasteiger partial charge < -0.3 is 10.1 Å². The molecule has 0 bridgehead atoms. The maximum absolute atomic E-state index is 12.9. The van der Waals surface area contributed by atoms with Gasteiger partial charge in [-0.15, -0.1) is 0 Å². The fourth-order valence-corrected chi connectivity index (χ4v) is 4.35. The van der Waals surface area contributed by atoms with Gasteiger partial charge in [0, 0.05) is 35.0 Å². The van der Waals surface area contributed by atoms with Crippen molar-refractivity contribution in [2.24, 2.45) is 5.92 Å². The molecule has 29 heavy (non-hydrogen) atoms. The normalized spacial score (nSPS) is 20.7. The van der Waals surface area contributed by atoms with E-state index in [-0.39, 0.29) is 29.3 Å². The molecule has 0 saturated carbocycles. The Balaban J connectivity index is 1.75. The maximum Gasteiger partial charge on any atom is 0.223 e. The molecular weight excluding hydrogens is 405 g/mol. The molecule has 0 aromatic heterocycles. The molecule has 2 aromatic rings. The minimum absolute atomic E-state index is 0.00421. The molecule has 0 aliphatic carbocycles. The van der Waals surface area contributed by atoms with Gasteiger partial charge >= 0.3 is 0 Å². The van der Waals surface area contributed by atoms with Crippen LogP contribution in [0.15, 0.2) is 48.5 Å². The molecule has 1 heterocycles. The summed E-state index contributed by atoms with van der Waals surface area (Å²) in [7, 11) is 0. The van der Waals surface area contributed by atoms with Crippen LogP contribution in [0.3, 0.4) is 0 Å². The molecule has 3 atom stereocenters. The van der Waals surface area contributed by atoms with Gasteiger partial charge in [-0.05, 0) is 68.0 Å². The van der Waals surface area contributed by atoms with Crippen molar-refractivity contribution < 1.29 is 9.53 Å². The predicted molar refractivity (Wildman–Crippen MR) is 120 cm³/mol. The molecule has 1 fully saturated rings. The van der Waals surface area contributed by atoms with E-state index in [9.17, 15) is 4.79 Å². The van der Waals surface area contributed by atoms with E-state index >= 15 is 0 Å². The Morgan fingerprint density at radius 2 is 1.62 bits per heavy atom. The van der Waals surface area contributed by atoms with Crippen molar-refractivity contribution in [3.8, 4) is 0 Å². The van der Waals surface area contributed by atoms with Crippen molar-refractivity contribution in [1.29, 1.82) is 0 Å². The van der Waals surface area contributed by atoms with Gasteiger partial charge in [0.1, 0.15) is 0 Å². The molecule has 0 radical (unpaired) electrons. The Labute approximate surface area is 183 Å². The number of rotatable bonds is 6. The third-order valence-electron chi connectivity index (χ3n) is 5.86. The lowest BCUT2D eigenvalue weighted by atomic mass is 9.82. The summed E-state index contributed by atoms with van der Waals surface area (Å²) in [6, 6.07) is 15.8. The number of ether oxygens (including phenoxy) is 1. The van der Waals surface area contributed by atoms with Crippen LogP contribution in [0.5, 0.6) is 0 Å². The fourth-order valence-electron chi connectivity index (χ4n) is 4.10. The molecule has 2 aromatic carbocycles. The molecule has 3 nitrogen and oxygen atoms in total. The van der Waals surface area contributed by atoms with E-state index in [1.54, 1.807) is 0 Å². The minimum Gasteiger partial charge on any atom is -0.376 e. The number of carbonyl (C=O) groups excluding carboxylic acids is 1. The Morgan fingerprint density at radius 1 is 1.07 bits per heavy atom. The highest BCUT2D eigenvalue weighted by Crippen LogP contribution is 2.34. The molecule has 1 aliphatic rings. The van der Waals surface area contributed by atoms with Crippen molar-refractivity contribution in [2.75, 3.05) is 13.2 Å². The SMILES string of the molecule is CC(c1ccc(Cl)cc1)C(CNC(=O)C1CCOC(C)(C)C1)c1ccc(Cl)cc1. The first-order valence-corrected chi connectivity index (χ1v) is 10.9. The molecular formula is C24H29Cl2NO2. The molecule has 156 valence electrons. The van der Waals surface area contributed by atoms with Gasteiger partial charge in [-0.3, -0.25) is 4.79 Å². The number of hydrogen-bond acceptors (Lipinski definition) is 2. The van der Waals surface area contributed by atoms with Crippen LogP contribution in [0, 0.1) is 5.92 Å². The zero-order valence-corrected chi connectivity index (χ0v) is 18.8. The van der Waals surface area contributed by atoms with Crippen molar-refractivity contribution in [1.82, 2.24) is 5.32 Å². The van der Waals surface area contributed by atoms with Gasteiger partial charge in [0.25, 0.3) is 0 Å². The molecule has 1 amide bonds. The number of amides is 1. The third kappa shape index (κ3) is 5.97. The summed E-state index contributed by atoms with van der Waals surface area (Å²) in [6.45, 7) is 7.48. The van der Waals surface area contributed by atoms with Crippen molar-refractivity contribution >= 4 is 29.1 Å². The molecule has 0 spiro atoms. The summed E-state index contributed by atoms with van der Waals surface area (Å²) in [4.78, 5) is 12.9. The van der Waals surface area contributed by atoms with Crippen LogP contribution >= 0.6 is 23.2 Å². The standard InChI is InChI=1S/C24H29Cl2NO2/c1-16(17-4-8-20(25)9-5-17)22(18-6-10-21(26)11-7-18)15-27-23(28)19-12-13-29-24(2,3)14-19/h4-11,16,19,22H,12-15H2,1-3H3,(H,27,28). The molecule has 1 N–H and O–H groups in total. The predicted octanol–water partition coefficient (Wildman–Crippen LogP) is 6.20. The monoisotopic (exact) mass is 433 g/mol. The largest absolute Gasteiger partial charge is 0.376 e. The number of nitrogens with one attached hydrogen (secondary N) is 1. The highest BCUT2D eigenvalue weighted by molar-refractivity contribution is 6.30. The van der Waals surface area contributed by atoms with Crippen LogP contribution in [0.4, 0.5) is 0 Å². The van der Waals surface area contributed by atoms with Crippen LogP contribution < -0.4 is 5.32 Å². The van der Waals surface area contributed by atoms with Crippen molar-refractivity contribution in [2.45, 2.75) is 51.0 Å². The summed E-state index contributed by atoms with van der Waals surface area (Å²) in [6.07, 6.45) is 1.52. The second-order valence-corrected chi connectivity index (χ2v) is 9.41. The molecule has 1 saturated heterocycles. The topological polar surface area (TPSA) is 38.3 Å². The highest BCUT2D eigenvalue weighted by Gasteiger charge is 2.33. The molecule has 3 unspecified atom stereocenters. The van der Waals surface area contributed by atoms with Crippen molar-refractivity contribution in [3.63, 3.8) is 0 Å². The smallest absolute Gasteiger partial charge is 0.223 e. The van der Waals surface area contributed by atoms with Crippen LogP contribution in [0.1, 0.15) is 56.6 Å². The number of benzene rings is 2. The summed E-state index contributed by atoms with van der Waals surface area (Å²) in [5.74, 6) is 0.448. The lowest BCUT2D eigenvalue weighted by molar-refractivity contribution is -0.135. The summed E-state index contributed by atoms with van der Waals surface area (Å²) >= 11 is 12.2. The average Bonchev–Trinajstić information content (AvgIpc) is 2.69. The number of hydrogen-bond donors (Lipinski definition) is 1. The van der Waals surface area contributed by atoms with Gasteiger partial charge in [-0.1, -0.05) is 54.4 Å². The maximum atomic E-state index is 12.9. The van der Waals surface area contributed by atoms with E-state index in [2.05, 4.69) is 24.4 Å². The van der Waals surface area contributed by atoms with Crippen LogP contribution in [0.2, 0.25) is 10.0 Å². The Bertz CT molecular complexity index is 818. The van der Waals surface area contributed by atoms with Crippen LogP contribution in [0.25, 0.3) is 0 Å². The van der Waals surface area contributed by atoms with Gasteiger partial charge in [0.2, 0.25) is 5.91 Å². The van der Waals surface area contributed by atoms with Gasteiger partial charge in [0.15, 0.2) is 0 Å². The van der Waals surface area contributed by atoms with Crippen molar-refractivity contribution in [3.05, 3.63) is 69.7 Å².